The van der Waals surface area contributed by atoms with Gasteiger partial charge < -0.3 is 15.1 Å². The van der Waals surface area contributed by atoms with Crippen LogP contribution in [-0.4, -0.2) is 58.7 Å². The highest BCUT2D eigenvalue weighted by atomic mass is 32.2. The van der Waals surface area contributed by atoms with Crippen molar-refractivity contribution in [1.29, 1.82) is 0 Å². The van der Waals surface area contributed by atoms with Gasteiger partial charge in [0.2, 0.25) is 18.1 Å². The van der Waals surface area contributed by atoms with E-state index in [9.17, 15) is 9.59 Å². The second kappa shape index (κ2) is 10.5. The average molecular weight is 466 g/mol. The number of rotatable bonds is 7. The minimum absolute atomic E-state index is 0.0363. The number of aromatic nitrogens is 3. The lowest BCUT2D eigenvalue weighted by atomic mass is 10.1. The molecule has 2 N–H and O–H groups in total. The number of carbonyl (C=O) groups is 2. The Morgan fingerprint density at radius 1 is 1.06 bits per heavy atom. The van der Waals surface area contributed by atoms with E-state index >= 15 is 0 Å². The highest BCUT2D eigenvalue weighted by Crippen LogP contribution is 2.21. The molecule has 172 valence electrons. The van der Waals surface area contributed by atoms with E-state index in [2.05, 4.69) is 20.3 Å². The van der Waals surface area contributed by atoms with Gasteiger partial charge in [0.1, 0.15) is 0 Å². The zero-order valence-electron chi connectivity index (χ0n) is 18.9. The van der Waals surface area contributed by atoms with Crippen molar-refractivity contribution < 1.29 is 14.3 Å². The maximum absolute atomic E-state index is 12.5. The Hall–Kier alpha value is -3.33. The van der Waals surface area contributed by atoms with E-state index in [0.717, 1.165) is 48.4 Å². The van der Waals surface area contributed by atoms with E-state index in [-0.39, 0.29) is 23.5 Å². The molecule has 3 aromatic rings. The highest BCUT2D eigenvalue weighted by molar-refractivity contribution is 7.99. The van der Waals surface area contributed by atoms with Crippen LogP contribution in [0, 0.1) is 5.92 Å². The number of nitrogens with one attached hydrogen (secondary N) is 2. The number of H-pyrrole nitrogens is 1. The third kappa shape index (κ3) is 5.73. The largest absolute Gasteiger partial charge is 0.385 e. The molecule has 1 saturated heterocycles. The van der Waals surface area contributed by atoms with Crippen LogP contribution in [0.4, 0.5) is 11.4 Å². The number of aromatic amines is 1. The van der Waals surface area contributed by atoms with E-state index in [0.29, 0.717) is 0 Å². The number of piperazine rings is 1. The fourth-order valence-corrected chi connectivity index (χ4v) is 4.50. The topological polar surface area (TPSA) is 85.2 Å². The number of carbonyl (C=O) groups excluding carboxylic acids is 2. The van der Waals surface area contributed by atoms with Gasteiger partial charge >= 0.3 is 5.16 Å². The minimum atomic E-state index is -0.0869. The summed E-state index contributed by atoms with van der Waals surface area (Å²) in [6.07, 6.45) is 1.62. The maximum atomic E-state index is 12.5. The van der Waals surface area contributed by atoms with Gasteiger partial charge in [0.05, 0.1) is 5.75 Å². The Kier molecular flexibility index (Phi) is 7.29. The van der Waals surface area contributed by atoms with Crippen LogP contribution < -0.4 is 14.9 Å². The Morgan fingerprint density at radius 3 is 2.42 bits per heavy atom. The first-order chi connectivity index (χ1) is 16.0. The zero-order valence-corrected chi connectivity index (χ0v) is 19.7. The summed E-state index contributed by atoms with van der Waals surface area (Å²) in [6.45, 7) is 6.98. The third-order valence-electron chi connectivity index (χ3n) is 5.50. The summed E-state index contributed by atoms with van der Waals surface area (Å²) in [6, 6.07) is 17.7. The second-order valence-electron chi connectivity index (χ2n) is 8.19. The molecular formula is C24H29N6O2S+. The smallest absolute Gasteiger partial charge is 0.368 e. The zero-order chi connectivity index (χ0) is 23.2. The summed E-state index contributed by atoms with van der Waals surface area (Å²) in [7, 11) is 0. The number of anilines is 2. The molecule has 1 fully saturated rings. The van der Waals surface area contributed by atoms with Crippen molar-refractivity contribution in [3.63, 3.8) is 0 Å². The van der Waals surface area contributed by atoms with Gasteiger partial charge in [0.15, 0.2) is 5.69 Å². The number of nitrogens with zero attached hydrogens (tertiary/aromatic N) is 4. The van der Waals surface area contributed by atoms with Crippen molar-refractivity contribution in [3.05, 3.63) is 60.9 Å². The fraction of sp³-hybridized carbons (Fsp3) is 0.333. The molecule has 0 atom stereocenters. The summed E-state index contributed by atoms with van der Waals surface area (Å²) in [5.74, 6) is 0.422. The molecule has 9 heteroatoms. The van der Waals surface area contributed by atoms with Crippen LogP contribution >= 0.6 is 11.8 Å². The quantitative estimate of drug-likeness (QED) is 0.414. The standard InChI is InChI=1S/C24H28N6O2S/c1-18(2)23(32)29-14-12-28(13-15-29)20-10-8-19(9-11-20)27-22(31)16-33-24-25-17-26-30(24)21-6-4-3-5-7-21/h3-11,17-18H,12-16H2,1-2H3,(H,27,31)/p+1. The molecule has 1 aliphatic heterocycles. The van der Waals surface area contributed by atoms with E-state index in [1.807, 2.05) is 78.0 Å². The van der Waals surface area contributed by atoms with Gasteiger partial charge in [0.25, 0.3) is 0 Å². The van der Waals surface area contributed by atoms with Gasteiger partial charge in [0, 0.05) is 43.5 Å². The Bertz CT molecular complexity index is 1080. The lowest BCUT2D eigenvalue weighted by Gasteiger charge is -2.37. The number of amides is 2. The van der Waals surface area contributed by atoms with E-state index < -0.39 is 0 Å². The molecule has 0 unspecified atom stereocenters. The normalized spacial score (nSPS) is 13.9. The van der Waals surface area contributed by atoms with Gasteiger partial charge in [-0.2, -0.15) is 5.10 Å². The van der Waals surface area contributed by atoms with Gasteiger partial charge in [-0.15, -0.1) is 4.68 Å². The van der Waals surface area contributed by atoms with E-state index in [1.54, 1.807) is 6.33 Å². The number of para-hydroxylation sites is 1. The summed E-state index contributed by atoms with van der Waals surface area (Å²) in [4.78, 5) is 33.2. The lowest BCUT2D eigenvalue weighted by Crippen LogP contribution is -2.49. The first-order valence-electron chi connectivity index (χ1n) is 11.1. The molecular weight excluding hydrogens is 436 g/mol. The molecule has 2 aromatic carbocycles. The monoisotopic (exact) mass is 465 g/mol. The van der Waals surface area contributed by atoms with Crippen molar-refractivity contribution in [2.45, 2.75) is 19.0 Å². The fourth-order valence-electron chi connectivity index (χ4n) is 3.75. The first-order valence-corrected chi connectivity index (χ1v) is 12.1. The number of hydrogen-bond acceptors (Lipinski definition) is 5. The van der Waals surface area contributed by atoms with Crippen LogP contribution in [0.15, 0.2) is 66.1 Å². The summed E-state index contributed by atoms with van der Waals surface area (Å²) >= 11 is 1.37. The van der Waals surface area contributed by atoms with Gasteiger partial charge in [-0.05, 0) is 53.1 Å². The maximum Gasteiger partial charge on any atom is 0.385 e. The number of thioether (sulfide) groups is 1. The van der Waals surface area contributed by atoms with Crippen LogP contribution in [-0.2, 0) is 9.59 Å². The Balaban J connectivity index is 1.27. The predicted octanol–water partition coefficient (Wildman–Crippen LogP) is 2.72. The first kappa shape index (κ1) is 22.8. The average Bonchev–Trinajstić information content (AvgIpc) is 3.32. The SMILES string of the molecule is CC(C)C(=O)N1CCN(c2ccc(NC(=O)CSc3nc[nH][n+]3-c3ccccc3)cc2)CC1. The molecule has 1 aliphatic rings. The molecule has 0 saturated carbocycles. The Labute approximate surface area is 198 Å². The van der Waals surface area contributed by atoms with Gasteiger partial charge in [-0.1, -0.05) is 32.0 Å². The molecule has 4 rings (SSSR count). The molecule has 0 radical (unpaired) electrons. The summed E-state index contributed by atoms with van der Waals surface area (Å²) < 4.78 is 1.85. The molecule has 0 bridgehead atoms. The van der Waals surface area contributed by atoms with Crippen molar-refractivity contribution in [2.24, 2.45) is 5.92 Å². The van der Waals surface area contributed by atoms with E-state index in [4.69, 9.17) is 0 Å². The molecule has 2 heterocycles. The van der Waals surface area contributed by atoms with E-state index in [1.165, 1.54) is 11.8 Å². The Morgan fingerprint density at radius 2 is 1.76 bits per heavy atom. The molecule has 2 amide bonds. The molecule has 0 spiro atoms. The van der Waals surface area contributed by atoms with Crippen molar-refractivity contribution >= 4 is 35.0 Å². The molecule has 1 aromatic heterocycles. The van der Waals surface area contributed by atoms with Crippen molar-refractivity contribution in [3.8, 4) is 5.69 Å². The summed E-state index contributed by atoms with van der Waals surface area (Å²) in [5, 5.41) is 6.75. The molecule has 0 aliphatic carbocycles. The van der Waals surface area contributed by atoms with Gasteiger partial charge in [-0.3, -0.25) is 9.59 Å². The van der Waals surface area contributed by atoms with Crippen LogP contribution in [0.1, 0.15) is 13.8 Å². The molecule has 8 nitrogen and oxygen atoms in total. The highest BCUT2D eigenvalue weighted by Gasteiger charge is 2.23. The second-order valence-corrected chi connectivity index (χ2v) is 9.13. The van der Waals surface area contributed by atoms with Gasteiger partial charge in [-0.25, -0.2) is 0 Å². The predicted molar refractivity (Wildman–Crippen MR) is 130 cm³/mol. The third-order valence-corrected chi connectivity index (χ3v) is 6.45. The van der Waals surface area contributed by atoms with Crippen LogP contribution in [0.25, 0.3) is 5.69 Å². The van der Waals surface area contributed by atoms with Crippen molar-refractivity contribution in [1.82, 2.24) is 15.0 Å². The number of hydrogen-bond donors (Lipinski definition) is 2. The summed E-state index contributed by atoms with van der Waals surface area (Å²) in [5.41, 5.74) is 2.82. The molecule has 33 heavy (non-hydrogen) atoms. The van der Waals surface area contributed by atoms with Crippen LogP contribution in [0.5, 0.6) is 0 Å². The number of benzene rings is 2. The van der Waals surface area contributed by atoms with Crippen LogP contribution in [0.3, 0.4) is 0 Å². The minimum Gasteiger partial charge on any atom is -0.368 e. The lowest BCUT2D eigenvalue weighted by molar-refractivity contribution is -0.694. The van der Waals surface area contributed by atoms with Crippen molar-refractivity contribution in [2.75, 3.05) is 42.1 Å². The van der Waals surface area contributed by atoms with Crippen LogP contribution in [0.2, 0.25) is 0 Å².